The first-order valence-electron chi connectivity index (χ1n) is 5.11. The lowest BCUT2D eigenvalue weighted by Crippen LogP contribution is -2.20. The zero-order valence-electron chi connectivity index (χ0n) is 9.24. The molecule has 2 rings (SSSR count). The van der Waals surface area contributed by atoms with Crippen molar-refractivity contribution < 1.29 is 4.79 Å². The lowest BCUT2D eigenvalue weighted by molar-refractivity contribution is 0.102. The molecule has 1 heterocycles. The maximum absolute atomic E-state index is 11.9. The molecule has 0 aliphatic carbocycles. The highest BCUT2D eigenvalue weighted by Gasteiger charge is 2.10. The summed E-state index contributed by atoms with van der Waals surface area (Å²) in [6.07, 6.45) is 2.84. The van der Waals surface area contributed by atoms with Crippen LogP contribution in [0.2, 0.25) is 0 Å². The molecule has 4 N–H and O–H groups in total. The van der Waals surface area contributed by atoms with Gasteiger partial charge in [0, 0.05) is 34.3 Å². The van der Waals surface area contributed by atoms with Crippen molar-refractivity contribution in [3.63, 3.8) is 0 Å². The number of nitrogens with one attached hydrogen (secondary N) is 2. The molecule has 5 nitrogen and oxygen atoms in total. The summed E-state index contributed by atoms with van der Waals surface area (Å²) in [6.45, 7) is 0. The molecule has 0 saturated carbocycles. The topological polar surface area (TPSA) is 88.0 Å². The molecule has 1 aromatic heterocycles. The lowest BCUT2D eigenvalue weighted by atomic mass is 10.2. The van der Waals surface area contributed by atoms with Gasteiger partial charge in [0.1, 0.15) is 5.56 Å². The lowest BCUT2D eigenvalue weighted by Gasteiger charge is -2.06. The van der Waals surface area contributed by atoms with Crippen molar-refractivity contribution in [1.82, 2.24) is 4.98 Å². The minimum absolute atomic E-state index is 0.0606. The molecule has 0 atom stereocenters. The Balaban J connectivity index is 2.24. The monoisotopic (exact) mass is 307 g/mol. The van der Waals surface area contributed by atoms with Gasteiger partial charge in [0.05, 0.1) is 0 Å². The van der Waals surface area contributed by atoms with Crippen LogP contribution in [0.4, 0.5) is 11.4 Å². The molecule has 0 radical (unpaired) electrons. The molecule has 6 heteroatoms. The smallest absolute Gasteiger partial charge is 0.261 e. The van der Waals surface area contributed by atoms with Crippen molar-refractivity contribution in [2.45, 2.75) is 0 Å². The molecule has 18 heavy (non-hydrogen) atoms. The third-order valence-electron chi connectivity index (χ3n) is 2.33. The maximum Gasteiger partial charge on any atom is 0.261 e. The van der Waals surface area contributed by atoms with Gasteiger partial charge in [0.25, 0.3) is 5.91 Å². The maximum atomic E-state index is 11.9. The Hall–Kier alpha value is -2.08. The van der Waals surface area contributed by atoms with E-state index in [9.17, 15) is 9.59 Å². The second-order valence-electron chi connectivity index (χ2n) is 3.61. The standard InChI is InChI=1S/C12H10BrN3O2/c13-9-5-7(1-2-10(9)14)16-12(18)8-6-15-4-3-11(8)17/h1-6H,14H2,(H,15,17)(H,16,18). The Morgan fingerprint density at radius 1 is 1.33 bits per heavy atom. The Bertz CT molecular complexity index is 652. The number of H-pyrrole nitrogens is 1. The second kappa shape index (κ2) is 5.05. The number of aromatic nitrogens is 1. The van der Waals surface area contributed by atoms with Crippen LogP contribution < -0.4 is 16.5 Å². The number of anilines is 2. The van der Waals surface area contributed by atoms with E-state index in [0.717, 1.165) is 0 Å². The van der Waals surface area contributed by atoms with Crippen LogP contribution in [0, 0.1) is 0 Å². The van der Waals surface area contributed by atoms with Crippen LogP contribution in [0.25, 0.3) is 0 Å². The zero-order chi connectivity index (χ0) is 13.1. The number of nitrogen functional groups attached to an aromatic ring is 1. The number of nitrogens with two attached hydrogens (primary N) is 1. The molecule has 0 spiro atoms. The number of halogens is 1. The number of carbonyl (C=O) groups is 1. The molecule has 0 aliphatic rings. The fraction of sp³-hybridized carbons (Fsp3) is 0. The Kier molecular flexibility index (Phi) is 3.47. The molecule has 0 bridgehead atoms. The van der Waals surface area contributed by atoms with Crippen LogP contribution in [-0.2, 0) is 0 Å². The number of pyridine rings is 1. The largest absolute Gasteiger partial charge is 0.398 e. The predicted molar refractivity (Wildman–Crippen MR) is 73.6 cm³/mol. The molecule has 92 valence electrons. The summed E-state index contributed by atoms with van der Waals surface area (Å²) >= 11 is 3.26. The van der Waals surface area contributed by atoms with Crippen LogP contribution in [0.1, 0.15) is 10.4 Å². The SMILES string of the molecule is Nc1ccc(NC(=O)c2c[nH]ccc2=O)cc1Br. The number of hydrogen-bond acceptors (Lipinski definition) is 3. The predicted octanol–water partition coefficient (Wildman–Crippen LogP) is 1.97. The van der Waals surface area contributed by atoms with Gasteiger partial charge < -0.3 is 16.0 Å². The number of carbonyl (C=O) groups excluding carboxylic acids is 1. The second-order valence-corrected chi connectivity index (χ2v) is 4.47. The van der Waals surface area contributed by atoms with E-state index in [1.54, 1.807) is 18.2 Å². The van der Waals surface area contributed by atoms with E-state index in [4.69, 9.17) is 5.73 Å². The number of aromatic amines is 1. The first-order chi connectivity index (χ1) is 8.58. The fourth-order valence-corrected chi connectivity index (χ4v) is 1.78. The van der Waals surface area contributed by atoms with E-state index in [1.165, 1.54) is 18.5 Å². The van der Waals surface area contributed by atoms with E-state index in [1.807, 2.05) is 0 Å². The Morgan fingerprint density at radius 3 is 2.78 bits per heavy atom. The molecule has 1 aromatic carbocycles. The summed E-state index contributed by atoms with van der Waals surface area (Å²) in [5.41, 5.74) is 6.50. The average Bonchev–Trinajstić information content (AvgIpc) is 2.34. The zero-order valence-corrected chi connectivity index (χ0v) is 10.8. The Labute approximate surface area is 111 Å². The van der Waals surface area contributed by atoms with E-state index in [-0.39, 0.29) is 11.0 Å². The first-order valence-corrected chi connectivity index (χ1v) is 5.90. The molecule has 1 amide bonds. The van der Waals surface area contributed by atoms with Crippen molar-refractivity contribution in [3.8, 4) is 0 Å². The minimum atomic E-state index is -0.464. The summed E-state index contributed by atoms with van der Waals surface area (Å²) in [4.78, 5) is 26.0. The fourth-order valence-electron chi connectivity index (χ4n) is 1.40. The molecule has 0 unspecified atom stereocenters. The van der Waals surface area contributed by atoms with Gasteiger partial charge in [-0.1, -0.05) is 0 Å². The summed E-state index contributed by atoms with van der Waals surface area (Å²) in [7, 11) is 0. The van der Waals surface area contributed by atoms with Gasteiger partial charge in [0.2, 0.25) is 0 Å². The third-order valence-corrected chi connectivity index (χ3v) is 3.01. The van der Waals surface area contributed by atoms with Crippen LogP contribution in [0.3, 0.4) is 0 Å². The minimum Gasteiger partial charge on any atom is -0.398 e. The van der Waals surface area contributed by atoms with Gasteiger partial charge >= 0.3 is 0 Å². The molecule has 0 fully saturated rings. The summed E-state index contributed by atoms with van der Waals surface area (Å²) in [5, 5.41) is 2.62. The van der Waals surface area contributed by atoms with E-state index < -0.39 is 5.91 Å². The van der Waals surface area contributed by atoms with Gasteiger partial charge in [0.15, 0.2) is 5.43 Å². The van der Waals surface area contributed by atoms with Gasteiger partial charge in [-0.05, 0) is 34.1 Å². The molecular formula is C12H10BrN3O2. The number of benzene rings is 1. The number of hydrogen-bond donors (Lipinski definition) is 3. The van der Waals surface area contributed by atoms with E-state index in [2.05, 4.69) is 26.2 Å². The van der Waals surface area contributed by atoms with Crippen molar-refractivity contribution in [2.24, 2.45) is 0 Å². The summed E-state index contributed by atoms with van der Waals surface area (Å²) in [5.74, 6) is -0.464. The molecule has 2 aromatic rings. The summed E-state index contributed by atoms with van der Waals surface area (Å²) in [6, 6.07) is 6.29. The van der Waals surface area contributed by atoms with Crippen molar-refractivity contribution in [2.75, 3.05) is 11.1 Å². The quantitative estimate of drug-likeness (QED) is 0.741. The van der Waals surface area contributed by atoms with Crippen LogP contribution in [0.5, 0.6) is 0 Å². The normalized spacial score (nSPS) is 10.1. The van der Waals surface area contributed by atoms with Crippen LogP contribution in [0.15, 0.2) is 45.9 Å². The average molecular weight is 308 g/mol. The van der Waals surface area contributed by atoms with Gasteiger partial charge in [-0.2, -0.15) is 0 Å². The highest BCUT2D eigenvalue weighted by molar-refractivity contribution is 9.10. The third kappa shape index (κ3) is 2.60. The number of amides is 1. The molecular weight excluding hydrogens is 298 g/mol. The molecule has 0 saturated heterocycles. The van der Waals surface area contributed by atoms with Gasteiger partial charge in [-0.15, -0.1) is 0 Å². The molecule has 0 aliphatic heterocycles. The number of rotatable bonds is 2. The van der Waals surface area contributed by atoms with Crippen LogP contribution >= 0.6 is 15.9 Å². The van der Waals surface area contributed by atoms with E-state index >= 15 is 0 Å². The highest BCUT2D eigenvalue weighted by atomic mass is 79.9. The summed E-state index contributed by atoms with van der Waals surface area (Å²) < 4.78 is 0.683. The van der Waals surface area contributed by atoms with E-state index in [0.29, 0.717) is 15.8 Å². The first kappa shape index (κ1) is 12.4. The van der Waals surface area contributed by atoms with Crippen molar-refractivity contribution >= 4 is 33.2 Å². The van der Waals surface area contributed by atoms with Gasteiger partial charge in [-0.25, -0.2) is 0 Å². The van der Waals surface area contributed by atoms with Gasteiger partial charge in [-0.3, -0.25) is 9.59 Å². The Morgan fingerprint density at radius 2 is 2.11 bits per heavy atom. The van der Waals surface area contributed by atoms with Crippen molar-refractivity contribution in [1.29, 1.82) is 0 Å². The van der Waals surface area contributed by atoms with Crippen LogP contribution in [-0.4, -0.2) is 10.9 Å². The highest BCUT2D eigenvalue weighted by Crippen LogP contribution is 2.23. The van der Waals surface area contributed by atoms with Crippen molar-refractivity contribution in [3.05, 3.63) is 56.9 Å².